The van der Waals surface area contributed by atoms with E-state index in [1.54, 1.807) is 30.3 Å². The topological polar surface area (TPSA) is 35.5 Å². The van der Waals surface area contributed by atoms with Gasteiger partial charge >= 0.3 is 0 Å². The summed E-state index contributed by atoms with van der Waals surface area (Å²) in [4.78, 5) is 12.5. The molecule has 20 heavy (non-hydrogen) atoms. The molecule has 0 N–H and O–H groups in total. The van der Waals surface area contributed by atoms with E-state index in [2.05, 4.69) is 15.9 Å². The zero-order valence-corrected chi connectivity index (χ0v) is 13.3. The predicted octanol–water partition coefficient (Wildman–Crippen LogP) is 4.35. The van der Waals surface area contributed by atoms with Gasteiger partial charge in [-0.1, -0.05) is 39.7 Å². The summed E-state index contributed by atoms with van der Waals surface area (Å²) in [6.45, 7) is 0. The van der Waals surface area contributed by atoms with Crippen LogP contribution in [0.5, 0.6) is 11.5 Å². The van der Waals surface area contributed by atoms with Gasteiger partial charge in [0.2, 0.25) is 0 Å². The first-order valence-electron chi connectivity index (χ1n) is 5.78. The van der Waals surface area contributed by atoms with Crippen molar-refractivity contribution in [1.82, 2.24) is 0 Å². The van der Waals surface area contributed by atoms with Crippen LogP contribution in [-0.2, 0) is 0 Å². The molecule has 104 valence electrons. The Kier molecular flexibility index (Phi) is 4.68. The van der Waals surface area contributed by atoms with Crippen molar-refractivity contribution >= 4 is 33.3 Å². The molecular formula is C15H12BrClO3. The van der Waals surface area contributed by atoms with E-state index >= 15 is 0 Å². The number of rotatable bonds is 4. The van der Waals surface area contributed by atoms with Crippen LogP contribution in [0.1, 0.15) is 15.9 Å². The van der Waals surface area contributed by atoms with Gasteiger partial charge < -0.3 is 9.47 Å². The second-order valence-electron chi connectivity index (χ2n) is 4.03. The van der Waals surface area contributed by atoms with E-state index < -0.39 is 0 Å². The Balaban J connectivity index is 2.49. The van der Waals surface area contributed by atoms with E-state index in [0.29, 0.717) is 27.6 Å². The van der Waals surface area contributed by atoms with Gasteiger partial charge in [-0.15, -0.1) is 0 Å². The SMILES string of the molecule is COc1cc(Cl)c(C(=O)c2cccc(Br)c2)cc1OC. The molecule has 0 aromatic heterocycles. The number of benzene rings is 2. The van der Waals surface area contributed by atoms with Crippen LogP contribution in [0.15, 0.2) is 40.9 Å². The maximum Gasteiger partial charge on any atom is 0.194 e. The summed E-state index contributed by atoms with van der Waals surface area (Å²) < 4.78 is 11.2. The van der Waals surface area contributed by atoms with Gasteiger partial charge in [0.1, 0.15) is 0 Å². The van der Waals surface area contributed by atoms with E-state index in [1.165, 1.54) is 14.2 Å². The van der Waals surface area contributed by atoms with Crippen molar-refractivity contribution < 1.29 is 14.3 Å². The third kappa shape index (κ3) is 2.97. The Morgan fingerprint density at radius 2 is 1.75 bits per heavy atom. The fourth-order valence-electron chi connectivity index (χ4n) is 1.81. The van der Waals surface area contributed by atoms with Crippen molar-refractivity contribution in [2.24, 2.45) is 0 Å². The summed E-state index contributed by atoms with van der Waals surface area (Å²) in [5.41, 5.74) is 0.927. The average Bonchev–Trinajstić information content (AvgIpc) is 2.46. The first-order chi connectivity index (χ1) is 9.56. The lowest BCUT2D eigenvalue weighted by atomic mass is 10.0. The first-order valence-corrected chi connectivity index (χ1v) is 6.95. The van der Waals surface area contributed by atoms with E-state index in [0.717, 1.165) is 4.47 Å². The molecular weight excluding hydrogens is 344 g/mol. The van der Waals surface area contributed by atoms with Crippen LogP contribution in [0.4, 0.5) is 0 Å². The normalized spacial score (nSPS) is 10.2. The molecule has 0 aliphatic carbocycles. The fourth-order valence-corrected chi connectivity index (χ4v) is 2.45. The van der Waals surface area contributed by atoms with Gasteiger partial charge in [0.15, 0.2) is 17.3 Å². The summed E-state index contributed by atoms with van der Waals surface area (Å²) >= 11 is 9.50. The molecule has 2 aromatic rings. The minimum atomic E-state index is -0.169. The summed E-state index contributed by atoms with van der Waals surface area (Å²) in [5, 5.41) is 0.327. The van der Waals surface area contributed by atoms with Gasteiger partial charge in [0, 0.05) is 21.7 Å². The Morgan fingerprint density at radius 1 is 1.10 bits per heavy atom. The van der Waals surface area contributed by atoms with Gasteiger partial charge in [-0.3, -0.25) is 4.79 Å². The number of halogens is 2. The van der Waals surface area contributed by atoms with Gasteiger partial charge in [0.05, 0.1) is 19.2 Å². The summed E-state index contributed by atoms with van der Waals surface area (Å²) in [5.74, 6) is 0.788. The molecule has 0 aliphatic heterocycles. The number of hydrogen-bond donors (Lipinski definition) is 0. The third-order valence-corrected chi connectivity index (χ3v) is 3.61. The van der Waals surface area contributed by atoms with Crippen LogP contribution in [0.3, 0.4) is 0 Å². The van der Waals surface area contributed by atoms with Crippen molar-refractivity contribution in [1.29, 1.82) is 0 Å². The summed E-state index contributed by atoms with van der Waals surface area (Å²) in [7, 11) is 3.03. The van der Waals surface area contributed by atoms with Crippen molar-refractivity contribution in [2.45, 2.75) is 0 Å². The second kappa shape index (κ2) is 6.29. The average molecular weight is 356 g/mol. The molecule has 0 fully saturated rings. The minimum absolute atomic E-state index is 0.169. The van der Waals surface area contributed by atoms with Gasteiger partial charge in [-0.05, 0) is 18.2 Å². The van der Waals surface area contributed by atoms with Crippen molar-refractivity contribution in [2.75, 3.05) is 14.2 Å². The highest BCUT2D eigenvalue weighted by atomic mass is 79.9. The summed E-state index contributed by atoms with van der Waals surface area (Å²) in [6, 6.07) is 10.3. The highest BCUT2D eigenvalue weighted by Crippen LogP contribution is 2.34. The number of methoxy groups -OCH3 is 2. The Hall–Kier alpha value is -1.52. The van der Waals surface area contributed by atoms with E-state index in [9.17, 15) is 4.79 Å². The Morgan fingerprint density at radius 3 is 2.35 bits per heavy atom. The zero-order valence-electron chi connectivity index (χ0n) is 10.9. The van der Waals surface area contributed by atoms with Crippen molar-refractivity contribution in [3.05, 3.63) is 57.0 Å². The number of hydrogen-bond acceptors (Lipinski definition) is 3. The standard InChI is InChI=1S/C15H12BrClO3/c1-19-13-7-11(12(17)8-14(13)20-2)15(18)9-4-3-5-10(16)6-9/h3-8H,1-2H3. The van der Waals surface area contributed by atoms with E-state index in [4.69, 9.17) is 21.1 Å². The van der Waals surface area contributed by atoms with Crippen molar-refractivity contribution in [3.63, 3.8) is 0 Å². The van der Waals surface area contributed by atoms with Gasteiger partial charge in [0.25, 0.3) is 0 Å². The molecule has 0 spiro atoms. The highest BCUT2D eigenvalue weighted by molar-refractivity contribution is 9.10. The molecule has 0 saturated heterocycles. The predicted molar refractivity (Wildman–Crippen MR) is 82.1 cm³/mol. The molecule has 0 heterocycles. The van der Waals surface area contributed by atoms with E-state index in [1.807, 2.05) is 6.07 Å². The molecule has 2 rings (SSSR count). The molecule has 3 nitrogen and oxygen atoms in total. The van der Waals surface area contributed by atoms with Crippen LogP contribution in [-0.4, -0.2) is 20.0 Å². The van der Waals surface area contributed by atoms with Crippen LogP contribution in [0.2, 0.25) is 5.02 Å². The van der Waals surface area contributed by atoms with Crippen molar-refractivity contribution in [3.8, 4) is 11.5 Å². The number of carbonyl (C=O) groups is 1. The molecule has 5 heteroatoms. The second-order valence-corrected chi connectivity index (χ2v) is 5.35. The lowest BCUT2D eigenvalue weighted by Gasteiger charge is -2.11. The lowest BCUT2D eigenvalue weighted by molar-refractivity contribution is 0.103. The van der Waals surface area contributed by atoms with Crippen LogP contribution >= 0.6 is 27.5 Å². The highest BCUT2D eigenvalue weighted by Gasteiger charge is 2.17. The zero-order chi connectivity index (χ0) is 14.7. The van der Waals surface area contributed by atoms with Crippen LogP contribution < -0.4 is 9.47 Å². The molecule has 0 bridgehead atoms. The number of ketones is 1. The quantitative estimate of drug-likeness (QED) is 0.765. The third-order valence-electron chi connectivity index (χ3n) is 2.80. The monoisotopic (exact) mass is 354 g/mol. The fraction of sp³-hybridized carbons (Fsp3) is 0.133. The maximum absolute atomic E-state index is 12.5. The van der Waals surface area contributed by atoms with Gasteiger partial charge in [-0.25, -0.2) is 0 Å². The Labute approximate surface area is 130 Å². The van der Waals surface area contributed by atoms with Gasteiger partial charge in [-0.2, -0.15) is 0 Å². The molecule has 0 saturated carbocycles. The number of ether oxygens (including phenoxy) is 2. The Bertz CT molecular complexity index is 656. The van der Waals surface area contributed by atoms with Crippen LogP contribution in [0, 0.1) is 0 Å². The lowest BCUT2D eigenvalue weighted by Crippen LogP contribution is -2.03. The largest absolute Gasteiger partial charge is 0.493 e. The minimum Gasteiger partial charge on any atom is -0.493 e. The maximum atomic E-state index is 12.5. The van der Waals surface area contributed by atoms with Crippen LogP contribution in [0.25, 0.3) is 0 Å². The molecule has 2 aromatic carbocycles. The molecule has 0 radical (unpaired) electrons. The summed E-state index contributed by atoms with van der Waals surface area (Å²) in [6.07, 6.45) is 0. The molecule has 0 unspecified atom stereocenters. The van der Waals surface area contributed by atoms with E-state index in [-0.39, 0.29) is 5.78 Å². The molecule has 0 atom stereocenters. The first kappa shape index (κ1) is 14.9. The molecule has 0 aliphatic rings. The molecule has 0 amide bonds. The number of carbonyl (C=O) groups excluding carboxylic acids is 1. The smallest absolute Gasteiger partial charge is 0.194 e.